The highest BCUT2D eigenvalue weighted by molar-refractivity contribution is 6.42. The summed E-state index contributed by atoms with van der Waals surface area (Å²) < 4.78 is 0. The van der Waals surface area contributed by atoms with E-state index in [1.54, 1.807) is 12.1 Å². The third-order valence-electron chi connectivity index (χ3n) is 3.29. The molecule has 0 saturated carbocycles. The molecule has 1 amide bonds. The minimum atomic E-state index is -0.535. The second kappa shape index (κ2) is 7.39. The fourth-order valence-corrected chi connectivity index (χ4v) is 2.06. The third kappa shape index (κ3) is 4.56. The molecule has 108 valence electrons. The van der Waals surface area contributed by atoms with E-state index in [0.717, 1.165) is 18.4 Å². The molecule has 0 radical (unpaired) electrons. The first-order valence-electron chi connectivity index (χ1n) is 7.10. The molecule has 0 spiro atoms. The fraction of sp³-hybridized carbons (Fsp3) is 0.222. The van der Waals surface area contributed by atoms with E-state index in [4.69, 9.17) is 0 Å². The van der Waals surface area contributed by atoms with Crippen LogP contribution in [0.15, 0.2) is 54.6 Å². The van der Waals surface area contributed by atoms with Crippen LogP contribution >= 0.6 is 0 Å². The normalized spacial score (nSPS) is 10.1. The number of benzene rings is 2. The number of hydrogen-bond donors (Lipinski definition) is 1. The van der Waals surface area contributed by atoms with Crippen LogP contribution in [0.4, 0.5) is 0 Å². The lowest BCUT2D eigenvalue weighted by atomic mass is 10.1. The molecule has 2 aromatic rings. The van der Waals surface area contributed by atoms with E-state index in [1.807, 2.05) is 37.3 Å². The second-order valence-electron chi connectivity index (χ2n) is 5.04. The molecule has 2 aromatic carbocycles. The van der Waals surface area contributed by atoms with Gasteiger partial charge in [0.05, 0.1) is 0 Å². The molecule has 0 aliphatic heterocycles. The number of carbonyl (C=O) groups is 2. The summed E-state index contributed by atoms with van der Waals surface area (Å²) in [5, 5.41) is 2.68. The van der Waals surface area contributed by atoms with Crippen molar-refractivity contribution in [1.82, 2.24) is 5.32 Å². The van der Waals surface area contributed by atoms with Crippen LogP contribution in [0, 0.1) is 6.92 Å². The molecule has 0 heterocycles. The van der Waals surface area contributed by atoms with E-state index in [-0.39, 0.29) is 0 Å². The predicted molar refractivity (Wildman–Crippen MR) is 83.3 cm³/mol. The zero-order valence-corrected chi connectivity index (χ0v) is 12.1. The lowest BCUT2D eigenvalue weighted by molar-refractivity contribution is -0.117. The van der Waals surface area contributed by atoms with Gasteiger partial charge in [0.25, 0.3) is 5.91 Å². The number of hydrogen-bond acceptors (Lipinski definition) is 2. The summed E-state index contributed by atoms with van der Waals surface area (Å²) in [5.74, 6) is -1.01. The van der Waals surface area contributed by atoms with Gasteiger partial charge < -0.3 is 5.32 Å². The Morgan fingerprint density at radius 3 is 2.29 bits per heavy atom. The molecule has 21 heavy (non-hydrogen) atoms. The zero-order chi connectivity index (χ0) is 15.1. The molecule has 0 atom stereocenters. The molecule has 3 nitrogen and oxygen atoms in total. The van der Waals surface area contributed by atoms with E-state index in [1.165, 1.54) is 5.56 Å². The smallest absolute Gasteiger partial charge is 0.292 e. The van der Waals surface area contributed by atoms with E-state index in [0.29, 0.717) is 12.1 Å². The lowest BCUT2D eigenvalue weighted by Gasteiger charge is -2.05. The number of amides is 1. The molecule has 2 rings (SSSR count). The maximum atomic E-state index is 11.9. The van der Waals surface area contributed by atoms with Crippen molar-refractivity contribution >= 4 is 11.7 Å². The molecule has 0 saturated heterocycles. The summed E-state index contributed by atoms with van der Waals surface area (Å²) in [6.45, 7) is 2.45. The molecular formula is C18H19NO2. The number of rotatable bonds is 6. The number of nitrogens with one attached hydrogen (secondary N) is 1. The van der Waals surface area contributed by atoms with Crippen molar-refractivity contribution in [2.24, 2.45) is 0 Å². The van der Waals surface area contributed by atoms with Crippen LogP contribution in [0.2, 0.25) is 0 Å². The van der Waals surface area contributed by atoms with Gasteiger partial charge in [-0.2, -0.15) is 0 Å². The average molecular weight is 281 g/mol. The molecule has 0 bridgehead atoms. The van der Waals surface area contributed by atoms with Gasteiger partial charge in [0, 0.05) is 12.1 Å². The van der Waals surface area contributed by atoms with Crippen molar-refractivity contribution in [3.63, 3.8) is 0 Å². The highest BCUT2D eigenvalue weighted by Gasteiger charge is 2.14. The van der Waals surface area contributed by atoms with Crippen molar-refractivity contribution in [3.8, 4) is 0 Å². The van der Waals surface area contributed by atoms with Gasteiger partial charge in [-0.25, -0.2) is 0 Å². The molecule has 0 aromatic heterocycles. The minimum absolute atomic E-state index is 0.432. The SMILES string of the molecule is Cc1ccc(C(=O)C(=O)NCCCc2ccccc2)cc1. The van der Waals surface area contributed by atoms with Gasteiger partial charge in [-0.3, -0.25) is 9.59 Å². The first-order chi connectivity index (χ1) is 10.2. The summed E-state index contributed by atoms with van der Waals surface area (Å²) in [4.78, 5) is 23.7. The van der Waals surface area contributed by atoms with Gasteiger partial charge in [0.2, 0.25) is 5.78 Å². The van der Waals surface area contributed by atoms with Crippen LogP contribution in [-0.2, 0) is 11.2 Å². The van der Waals surface area contributed by atoms with Gasteiger partial charge >= 0.3 is 0 Å². The van der Waals surface area contributed by atoms with Crippen LogP contribution < -0.4 is 5.32 Å². The third-order valence-corrected chi connectivity index (χ3v) is 3.29. The van der Waals surface area contributed by atoms with Crippen LogP contribution in [0.25, 0.3) is 0 Å². The molecule has 3 heteroatoms. The highest BCUT2D eigenvalue weighted by atomic mass is 16.2. The minimum Gasteiger partial charge on any atom is -0.349 e. The maximum Gasteiger partial charge on any atom is 0.292 e. The van der Waals surface area contributed by atoms with Crippen molar-refractivity contribution in [2.45, 2.75) is 19.8 Å². The summed E-state index contributed by atoms with van der Waals surface area (Å²) >= 11 is 0. The number of ketones is 1. The van der Waals surface area contributed by atoms with Gasteiger partial charge in [-0.15, -0.1) is 0 Å². The molecule has 0 aliphatic carbocycles. The predicted octanol–water partition coefficient (Wildman–Crippen LogP) is 2.93. The summed E-state index contributed by atoms with van der Waals surface area (Å²) in [5.41, 5.74) is 2.73. The molecule has 0 aliphatic rings. The van der Waals surface area contributed by atoms with Crippen molar-refractivity contribution in [1.29, 1.82) is 0 Å². The Bertz CT molecular complexity index is 603. The molecule has 0 fully saturated rings. The maximum absolute atomic E-state index is 11.9. The number of carbonyl (C=O) groups excluding carboxylic acids is 2. The Kier molecular flexibility index (Phi) is 5.27. The first-order valence-corrected chi connectivity index (χ1v) is 7.10. The van der Waals surface area contributed by atoms with Crippen molar-refractivity contribution < 1.29 is 9.59 Å². The van der Waals surface area contributed by atoms with Gasteiger partial charge in [0.1, 0.15) is 0 Å². The summed E-state index contributed by atoms with van der Waals surface area (Å²) in [7, 11) is 0. The largest absolute Gasteiger partial charge is 0.349 e. The first kappa shape index (κ1) is 15.0. The van der Waals surface area contributed by atoms with Crippen LogP contribution in [0.1, 0.15) is 27.9 Å². The van der Waals surface area contributed by atoms with Gasteiger partial charge in [0.15, 0.2) is 0 Å². The molecule has 0 unspecified atom stereocenters. The van der Waals surface area contributed by atoms with Gasteiger partial charge in [-0.1, -0.05) is 60.2 Å². The van der Waals surface area contributed by atoms with E-state index < -0.39 is 11.7 Å². The quantitative estimate of drug-likeness (QED) is 0.503. The number of Topliss-reactive ketones (excluding diaryl/α,β-unsaturated/α-hetero) is 1. The Morgan fingerprint density at radius 2 is 1.62 bits per heavy atom. The van der Waals surface area contributed by atoms with Crippen LogP contribution in [0.3, 0.4) is 0 Å². The van der Waals surface area contributed by atoms with E-state index in [9.17, 15) is 9.59 Å². The Hall–Kier alpha value is -2.42. The summed E-state index contributed by atoms with van der Waals surface area (Å²) in [6.07, 6.45) is 1.71. The van der Waals surface area contributed by atoms with E-state index in [2.05, 4.69) is 17.4 Å². The van der Waals surface area contributed by atoms with Crippen molar-refractivity contribution in [2.75, 3.05) is 6.54 Å². The summed E-state index contributed by atoms with van der Waals surface area (Å²) in [6, 6.07) is 17.1. The zero-order valence-electron chi connectivity index (χ0n) is 12.1. The number of aryl methyl sites for hydroxylation is 2. The monoisotopic (exact) mass is 281 g/mol. The average Bonchev–Trinajstić information content (AvgIpc) is 2.52. The van der Waals surface area contributed by atoms with Crippen LogP contribution in [-0.4, -0.2) is 18.2 Å². The van der Waals surface area contributed by atoms with Gasteiger partial charge in [-0.05, 0) is 25.3 Å². The lowest BCUT2D eigenvalue weighted by Crippen LogP contribution is -2.32. The van der Waals surface area contributed by atoms with Crippen molar-refractivity contribution in [3.05, 3.63) is 71.3 Å². The Labute approximate surface area is 125 Å². The molecular weight excluding hydrogens is 262 g/mol. The molecule has 1 N–H and O–H groups in total. The Balaban J connectivity index is 1.76. The second-order valence-corrected chi connectivity index (χ2v) is 5.04. The fourth-order valence-electron chi connectivity index (χ4n) is 2.06. The van der Waals surface area contributed by atoms with Crippen LogP contribution in [0.5, 0.6) is 0 Å². The highest BCUT2D eigenvalue weighted by Crippen LogP contribution is 2.04. The van der Waals surface area contributed by atoms with E-state index >= 15 is 0 Å². The standard InChI is InChI=1S/C18H19NO2/c1-14-9-11-16(12-10-14)17(20)18(21)19-13-5-8-15-6-3-2-4-7-15/h2-4,6-7,9-12H,5,8,13H2,1H3,(H,19,21). The topological polar surface area (TPSA) is 46.2 Å². The Morgan fingerprint density at radius 1 is 0.952 bits per heavy atom.